The highest BCUT2D eigenvalue weighted by Gasteiger charge is 2.55. The van der Waals surface area contributed by atoms with Crippen molar-refractivity contribution in [3.05, 3.63) is 0 Å². The van der Waals surface area contributed by atoms with Gasteiger partial charge < -0.3 is 10.8 Å². The number of hydrogen-bond acceptors (Lipinski definition) is 2. The van der Waals surface area contributed by atoms with Gasteiger partial charge in [0, 0.05) is 12.0 Å². The fourth-order valence-electron chi connectivity index (χ4n) is 4.64. The largest absolute Gasteiger partial charge is 0.389 e. The van der Waals surface area contributed by atoms with Crippen molar-refractivity contribution in [3.63, 3.8) is 0 Å². The minimum Gasteiger partial charge on any atom is -0.389 e. The summed E-state index contributed by atoms with van der Waals surface area (Å²) in [5.74, 6) is 1.14. The van der Waals surface area contributed by atoms with E-state index in [4.69, 9.17) is 5.73 Å². The fraction of sp³-hybridized carbons (Fsp3) is 1.00. The molecule has 0 heterocycles. The van der Waals surface area contributed by atoms with Gasteiger partial charge in [-0.15, -0.1) is 0 Å². The SMILES string of the molecule is CC1CCC(O)(C2(CN)CCC(C)(C)CC2)C(C)C1. The van der Waals surface area contributed by atoms with Gasteiger partial charge in [-0.1, -0.05) is 27.7 Å². The molecule has 2 aliphatic rings. The van der Waals surface area contributed by atoms with Crippen LogP contribution in [0, 0.1) is 22.7 Å². The summed E-state index contributed by atoms with van der Waals surface area (Å²) in [5.41, 5.74) is 6.06. The van der Waals surface area contributed by atoms with E-state index in [-0.39, 0.29) is 5.41 Å². The second-order valence-corrected chi connectivity index (χ2v) is 8.35. The van der Waals surface area contributed by atoms with Crippen LogP contribution in [0.2, 0.25) is 0 Å². The van der Waals surface area contributed by atoms with Gasteiger partial charge in [0.25, 0.3) is 0 Å². The van der Waals surface area contributed by atoms with Gasteiger partial charge >= 0.3 is 0 Å². The van der Waals surface area contributed by atoms with Gasteiger partial charge in [-0.3, -0.25) is 0 Å². The molecule has 0 amide bonds. The van der Waals surface area contributed by atoms with Crippen LogP contribution in [-0.2, 0) is 0 Å². The molecule has 2 aliphatic carbocycles. The minimum absolute atomic E-state index is 0.0257. The van der Waals surface area contributed by atoms with E-state index in [0.717, 1.165) is 38.0 Å². The maximum absolute atomic E-state index is 11.4. The van der Waals surface area contributed by atoms with Crippen LogP contribution in [0.25, 0.3) is 0 Å². The lowest BCUT2D eigenvalue weighted by Gasteiger charge is -2.57. The van der Waals surface area contributed by atoms with E-state index in [1.165, 1.54) is 12.8 Å². The average Bonchev–Trinajstić information content (AvgIpc) is 2.35. The maximum Gasteiger partial charge on any atom is 0.0741 e. The van der Waals surface area contributed by atoms with Gasteiger partial charge in [-0.2, -0.15) is 0 Å². The van der Waals surface area contributed by atoms with Crippen molar-refractivity contribution in [2.45, 2.75) is 78.2 Å². The smallest absolute Gasteiger partial charge is 0.0741 e. The van der Waals surface area contributed by atoms with Crippen molar-refractivity contribution in [2.75, 3.05) is 6.54 Å². The summed E-state index contributed by atoms with van der Waals surface area (Å²) < 4.78 is 0. The molecular weight excluding hydrogens is 234 g/mol. The van der Waals surface area contributed by atoms with Crippen LogP contribution in [0.15, 0.2) is 0 Å². The van der Waals surface area contributed by atoms with Crippen molar-refractivity contribution in [3.8, 4) is 0 Å². The van der Waals surface area contributed by atoms with Gasteiger partial charge in [-0.25, -0.2) is 0 Å². The van der Waals surface area contributed by atoms with Crippen molar-refractivity contribution in [1.82, 2.24) is 0 Å². The normalized spacial score (nSPS) is 42.0. The Morgan fingerprint density at radius 1 is 1.05 bits per heavy atom. The maximum atomic E-state index is 11.4. The molecule has 0 spiro atoms. The van der Waals surface area contributed by atoms with E-state index in [0.29, 0.717) is 17.9 Å². The minimum atomic E-state index is -0.523. The molecule has 0 aromatic carbocycles. The highest BCUT2D eigenvalue weighted by molar-refractivity contribution is 5.07. The molecule has 2 heteroatoms. The van der Waals surface area contributed by atoms with Crippen molar-refractivity contribution < 1.29 is 5.11 Å². The Balaban J connectivity index is 2.21. The Kier molecular flexibility index (Phi) is 4.06. The van der Waals surface area contributed by atoms with Crippen molar-refractivity contribution in [1.29, 1.82) is 0 Å². The summed E-state index contributed by atoms with van der Waals surface area (Å²) >= 11 is 0. The van der Waals surface area contributed by atoms with Crippen molar-refractivity contribution >= 4 is 0 Å². The van der Waals surface area contributed by atoms with Gasteiger partial charge in [0.15, 0.2) is 0 Å². The number of nitrogens with two attached hydrogens (primary N) is 1. The molecule has 2 saturated carbocycles. The second kappa shape index (κ2) is 5.04. The monoisotopic (exact) mass is 267 g/mol. The lowest BCUT2D eigenvalue weighted by Crippen LogP contribution is -2.60. The van der Waals surface area contributed by atoms with Crippen LogP contribution in [0.4, 0.5) is 0 Å². The van der Waals surface area contributed by atoms with E-state index >= 15 is 0 Å². The number of aliphatic hydroxyl groups is 1. The molecule has 0 bridgehead atoms. The van der Waals surface area contributed by atoms with Crippen LogP contribution in [-0.4, -0.2) is 17.3 Å². The molecule has 2 fully saturated rings. The lowest BCUT2D eigenvalue weighted by atomic mass is 9.52. The third-order valence-corrected chi connectivity index (χ3v) is 6.46. The summed E-state index contributed by atoms with van der Waals surface area (Å²) in [5, 5.41) is 11.4. The molecule has 3 unspecified atom stereocenters. The average molecular weight is 267 g/mol. The first kappa shape index (κ1) is 15.3. The van der Waals surface area contributed by atoms with Crippen LogP contribution in [0.5, 0.6) is 0 Å². The molecule has 2 rings (SSSR count). The molecule has 112 valence electrons. The Hall–Kier alpha value is -0.0800. The van der Waals surface area contributed by atoms with E-state index < -0.39 is 5.60 Å². The van der Waals surface area contributed by atoms with Crippen LogP contribution in [0.1, 0.15) is 72.6 Å². The zero-order chi connectivity index (χ0) is 14.3. The Labute approximate surface area is 119 Å². The van der Waals surface area contributed by atoms with Crippen molar-refractivity contribution in [2.24, 2.45) is 28.4 Å². The summed E-state index contributed by atoms with van der Waals surface area (Å²) in [6.07, 6.45) is 7.88. The zero-order valence-corrected chi connectivity index (χ0v) is 13.3. The van der Waals surface area contributed by atoms with E-state index in [2.05, 4.69) is 27.7 Å². The first-order valence-corrected chi connectivity index (χ1v) is 8.17. The summed E-state index contributed by atoms with van der Waals surface area (Å²) in [6, 6.07) is 0. The molecule has 0 aromatic rings. The van der Waals surface area contributed by atoms with E-state index in [1.807, 2.05) is 0 Å². The second-order valence-electron chi connectivity index (χ2n) is 8.35. The molecule has 19 heavy (non-hydrogen) atoms. The first-order chi connectivity index (χ1) is 8.75. The third-order valence-electron chi connectivity index (χ3n) is 6.46. The van der Waals surface area contributed by atoms with E-state index in [9.17, 15) is 5.11 Å². The lowest BCUT2D eigenvalue weighted by molar-refractivity contribution is -0.167. The molecule has 0 aliphatic heterocycles. The fourth-order valence-corrected chi connectivity index (χ4v) is 4.64. The van der Waals surface area contributed by atoms with Gasteiger partial charge in [0.05, 0.1) is 5.60 Å². The first-order valence-electron chi connectivity index (χ1n) is 8.17. The van der Waals surface area contributed by atoms with Crippen LogP contribution in [0.3, 0.4) is 0 Å². The molecule has 0 aromatic heterocycles. The van der Waals surface area contributed by atoms with E-state index in [1.54, 1.807) is 0 Å². The number of hydrogen-bond donors (Lipinski definition) is 2. The molecule has 3 atom stereocenters. The molecule has 3 N–H and O–H groups in total. The summed E-state index contributed by atoms with van der Waals surface area (Å²) in [4.78, 5) is 0. The van der Waals surface area contributed by atoms with Crippen LogP contribution < -0.4 is 5.73 Å². The van der Waals surface area contributed by atoms with Crippen LogP contribution >= 0.6 is 0 Å². The summed E-state index contributed by atoms with van der Waals surface area (Å²) in [6.45, 7) is 9.91. The Morgan fingerprint density at radius 3 is 2.11 bits per heavy atom. The zero-order valence-electron chi connectivity index (χ0n) is 13.3. The molecule has 0 saturated heterocycles. The highest BCUT2D eigenvalue weighted by Crippen LogP contribution is 2.56. The van der Waals surface area contributed by atoms with Gasteiger partial charge in [0.2, 0.25) is 0 Å². The topological polar surface area (TPSA) is 46.2 Å². The highest BCUT2D eigenvalue weighted by atomic mass is 16.3. The predicted octanol–water partition coefficient (Wildman–Crippen LogP) is 3.72. The standard InChI is InChI=1S/C17H33NO/c1-13-5-6-17(19,14(2)11-13)16(12-18)9-7-15(3,4)8-10-16/h13-14,19H,5-12,18H2,1-4H3. The molecular formula is C17H33NO. The Bertz CT molecular complexity index is 315. The molecule has 2 nitrogen and oxygen atoms in total. The van der Waals surface area contributed by atoms with Gasteiger partial charge in [-0.05, 0) is 62.2 Å². The number of rotatable bonds is 2. The summed E-state index contributed by atoms with van der Waals surface area (Å²) in [7, 11) is 0. The third kappa shape index (κ3) is 2.58. The quantitative estimate of drug-likeness (QED) is 0.801. The Morgan fingerprint density at radius 2 is 1.63 bits per heavy atom. The predicted molar refractivity (Wildman–Crippen MR) is 80.9 cm³/mol. The molecule has 0 radical (unpaired) electrons. The van der Waals surface area contributed by atoms with Gasteiger partial charge in [0.1, 0.15) is 0 Å².